The zero-order chi connectivity index (χ0) is 10.2. The Morgan fingerprint density at radius 2 is 1.46 bits per heavy atom. The third-order valence-corrected chi connectivity index (χ3v) is 2.48. The summed E-state index contributed by atoms with van der Waals surface area (Å²) in [7, 11) is 0. The quantitative estimate of drug-likeness (QED) is 0.819. The average Bonchev–Trinajstić information content (AvgIpc) is 2.21. The van der Waals surface area contributed by atoms with Crippen molar-refractivity contribution in [2.24, 2.45) is 0 Å². The number of aromatic nitrogens is 1. The predicted molar refractivity (Wildman–Crippen MR) is 39.5 cm³/mol. The van der Waals surface area contributed by atoms with Gasteiger partial charge in [0.1, 0.15) is 0 Å². The topological polar surface area (TPSA) is 65.5 Å². The number of hydrogen-bond donors (Lipinski definition) is 0. The first-order chi connectivity index (χ1) is 6.12. The van der Waals surface area contributed by atoms with Crippen LogP contribution < -0.4 is 0 Å². The Bertz CT molecular complexity index is 267. The number of hydrogen-bond acceptors (Lipinski definition) is 5. The van der Waals surface area contributed by atoms with Gasteiger partial charge in [0.15, 0.2) is 0 Å². The first-order valence-corrected chi connectivity index (χ1v) is 5.52. The summed E-state index contributed by atoms with van der Waals surface area (Å²) in [5.41, 5.74) is 0. The first-order valence-electron chi connectivity index (χ1n) is 2.83. The van der Waals surface area contributed by atoms with E-state index in [0.29, 0.717) is 0 Å². The van der Waals surface area contributed by atoms with Crippen LogP contribution in [0.15, 0.2) is 30.6 Å². The van der Waals surface area contributed by atoms with Crippen LogP contribution in [-0.2, 0) is 27.9 Å². The zero-order valence-corrected chi connectivity index (χ0v) is 8.92. The van der Waals surface area contributed by atoms with Crippen molar-refractivity contribution in [2.45, 2.75) is 0 Å². The van der Waals surface area contributed by atoms with Gasteiger partial charge in [-0.25, -0.2) is 0 Å². The van der Waals surface area contributed by atoms with E-state index in [0.717, 1.165) is 0 Å². The molecule has 0 saturated carbocycles. The van der Waals surface area contributed by atoms with Crippen molar-refractivity contribution in [3.05, 3.63) is 30.6 Å². The minimum Gasteiger partial charge on any atom is -0.265 e. The number of pyridine rings is 1. The van der Waals surface area contributed by atoms with Crippen molar-refractivity contribution >= 4 is 23.7 Å². The first kappa shape index (κ1) is 12.8. The van der Waals surface area contributed by atoms with E-state index >= 15 is 0 Å². The summed E-state index contributed by atoms with van der Waals surface area (Å²) in [6.45, 7) is 0. The second-order valence-electron chi connectivity index (χ2n) is 1.56. The molecule has 0 amide bonds. The molecule has 74 valence electrons. The minimum absolute atomic E-state index is 1.75. The van der Waals surface area contributed by atoms with Gasteiger partial charge in [0.25, 0.3) is 0 Å². The smallest absolute Gasteiger partial charge is 0.0267 e. The molecule has 1 rings (SSSR count). The van der Waals surface area contributed by atoms with Crippen molar-refractivity contribution in [3.8, 4) is 0 Å². The summed E-state index contributed by atoms with van der Waals surface area (Å²) < 4.78 is 26.0. The molecule has 8 heteroatoms. The second-order valence-corrected chi connectivity index (χ2v) is 4.27. The summed E-state index contributed by atoms with van der Waals surface area (Å²) >= 11 is 3.88. The van der Waals surface area contributed by atoms with Gasteiger partial charge in [0, 0.05) is 12.4 Å². The van der Waals surface area contributed by atoms with Crippen molar-refractivity contribution in [1.29, 1.82) is 0 Å². The van der Waals surface area contributed by atoms with E-state index < -0.39 is 13.6 Å². The molecular formula is C5H5Cl2CrNO4. The van der Waals surface area contributed by atoms with Gasteiger partial charge in [-0.15, -0.1) is 0 Å². The second kappa shape index (κ2) is 7.21. The maximum atomic E-state index is 9.73. The maximum absolute atomic E-state index is 9.73. The van der Waals surface area contributed by atoms with Crippen molar-refractivity contribution < 1.29 is 27.9 Å². The zero-order valence-electron chi connectivity index (χ0n) is 6.13. The van der Waals surface area contributed by atoms with Gasteiger partial charge in [-0.2, -0.15) is 0 Å². The van der Waals surface area contributed by atoms with E-state index in [1.54, 1.807) is 12.4 Å². The SMILES string of the molecule is [O]=[Cr](=[O])([O]Cl)[O]Cl.c1ccncc1. The van der Waals surface area contributed by atoms with Crippen LogP contribution in [0.3, 0.4) is 0 Å². The fourth-order valence-corrected chi connectivity index (χ4v) is 0.673. The molecule has 0 aromatic carbocycles. The van der Waals surface area contributed by atoms with Crippen LogP contribution in [0.4, 0.5) is 0 Å². The average molecular weight is 266 g/mol. The Kier molecular flexibility index (Phi) is 7.09. The Morgan fingerprint density at radius 1 is 1.00 bits per heavy atom. The number of nitrogens with zero attached hydrogens (tertiary/aromatic N) is 1. The summed E-state index contributed by atoms with van der Waals surface area (Å²) in [6, 6.07) is 5.72. The molecule has 0 aliphatic rings. The van der Waals surface area contributed by atoms with E-state index in [1.807, 2.05) is 18.2 Å². The van der Waals surface area contributed by atoms with Gasteiger partial charge in [-0.1, -0.05) is 6.07 Å². The van der Waals surface area contributed by atoms with Crippen LogP contribution in [0.5, 0.6) is 0 Å². The standard InChI is InChI=1S/C5H5N.2ClO.Cr.2O/c1-2-4-6-5-3-1;2*1-2;;;/h1-5H;;;;;/q;2*-1;+2;;. The summed E-state index contributed by atoms with van der Waals surface area (Å²) in [5.74, 6) is 0. The van der Waals surface area contributed by atoms with Crippen LogP contribution in [0, 0.1) is 0 Å². The summed E-state index contributed by atoms with van der Waals surface area (Å²) in [5, 5.41) is 0. The van der Waals surface area contributed by atoms with E-state index in [4.69, 9.17) is 0 Å². The largest absolute Gasteiger partial charge is 0.265 e. The molecule has 13 heavy (non-hydrogen) atoms. The Labute approximate surface area is 87.3 Å². The molecule has 0 radical (unpaired) electrons. The normalized spacial score (nSPS) is 10.0. The van der Waals surface area contributed by atoms with Crippen LogP contribution in [0.2, 0.25) is 0 Å². The predicted octanol–water partition coefficient (Wildman–Crippen LogP) is 2.08. The molecule has 0 unspecified atom stereocenters. The fourth-order valence-electron chi connectivity index (χ4n) is 0.322. The van der Waals surface area contributed by atoms with Crippen LogP contribution >= 0.6 is 23.7 Å². The minimum atomic E-state index is -4.77. The molecule has 5 nitrogen and oxygen atoms in total. The molecule has 0 fully saturated rings. The molecule has 1 aromatic rings. The molecule has 0 aliphatic heterocycles. The van der Waals surface area contributed by atoms with E-state index in [-0.39, 0.29) is 0 Å². The van der Waals surface area contributed by atoms with Crippen molar-refractivity contribution in [3.63, 3.8) is 0 Å². The van der Waals surface area contributed by atoms with Gasteiger partial charge in [0.2, 0.25) is 0 Å². The Balaban J connectivity index is 0.000000223. The third-order valence-electron chi connectivity index (χ3n) is 0.721. The van der Waals surface area contributed by atoms with E-state index in [9.17, 15) is 7.61 Å². The molecule has 0 N–H and O–H groups in total. The van der Waals surface area contributed by atoms with Crippen molar-refractivity contribution in [2.75, 3.05) is 0 Å². The summed E-state index contributed by atoms with van der Waals surface area (Å²) in [6.07, 6.45) is 3.50. The number of rotatable bonds is 2. The molecule has 0 bridgehead atoms. The van der Waals surface area contributed by atoms with Gasteiger partial charge >= 0.3 is 51.6 Å². The maximum Gasteiger partial charge on any atom is 0.0267 e. The number of halogens is 2. The van der Waals surface area contributed by atoms with Crippen LogP contribution in [-0.4, -0.2) is 4.98 Å². The molecule has 0 aliphatic carbocycles. The monoisotopic (exact) mass is 265 g/mol. The van der Waals surface area contributed by atoms with Gasteiger partial charge in [0.05, 0.1) is 0 Å². The van der Waals surface area contributed by atoms with Crippen molar-refractivity contribution in [1.82, 2.24) is 4.98 Å². The molecular weight excluding hydrogens is 261 g/mol. The third kappa shape index (κ3) is 8.12. The Morgan fingerprint density at radius 3 is 1.54 bits per heavy atom. The van der Waals surface area contributed by atoms with Gasteiger partial charge in [-0.3, -0.25) is 4.98 Å². The van der Waals surface area contributed by atoms with Crippen LogP contribution in [0.25, 0.3) is 0 Å². The molecule has 0 atom stereocenters. The van der Waals surface area contributed by atoms with Gasteiger partial charge in [-0.05, 0) is 12.1 Å². The molecule has 0 saturated heterocycles. The molecule has 1 aromatic heterocycles. The van der Waals surface area contributed by atoms with Gasteiger partial charge < -0.3 is 0 Å². The van der Waals surface area contributed by atoms with Crippen LogP contribution in [0.1, 0.15) is 0 Å². The fraction of sp³-hybridized carbons (Fsp3) is 0. The van der Waals surface area contributed by atoms with E-state index in [2.05, 4.69) is 35.4 Å². The summed E-state index contributed by atoms with van der Waals surface area (Å²) in [4.78, 5) is 3.78. The molecule has 1 heterocycles. The van der Waals surface area contributed by atoms with E-state index in [1.165, 1.54) is 0 Å². The molecule has 0 spiro atoms. The Hall–Kier alpha value is -0.218.